The molecule has 224 valence electrons. The van der Waals surface area contributed by atoms with E-state index in [2.05, 4.69) is 89.5 Å². The Morgan fingerprint density at radius 1 is 1.00 bits per heavy atom. The highest BCUT2D eigenvalue weighted by Crippen LogP contribution is 2.20. The zero-order chi connectivity index (χ0) is 31.0. The zero-order valence-electron chi connectivity index (χ0n) is 26.5. The van der Waals surface area contributed by atoms with Gasteiger partial charge in [-0.1, -0.05) is 86.2 Å². The number of rotatable bonds is 11. The summed E-state index contributed by atoms with van der Waals surface area (Å²) in [6.07, 6.45) is 9.18. The van der Waals surface area contributed by atoms with Crippen molar-refractivity contribution in [2.24, 2.45) is 10.7 Å². The van der Waals surface area contributed by atoms with Crippen molar-refractivity contribution < 1.29 is 4.79 Å². The molecule has 0 spiro atoms. The number of carbonyl (C=O) groups is 1. The van der Waals surface area contributed by atoms with E-state index in [0.717, 1.165) is 23.6 Å². The Morgan fingerprint density at radius 2 is 1.67 bits per heavy atom. The van der Waals surface area contributed by atoms with Gasteiger partial charge in [0.1, 0.15) is 5.84 Å². The summed E-state index contributed by atoms with van der Waals surface area (Å²) in [4.78, 5) is 23.3. The third-order valence-electron chi connectivity index (χ3n) is 6.91. The maximum absolute atomic E-state index is 12.3. The van der Waals surface area contributed by atoms with Gasteiger partial charge in [0.2, 0.25) is 5.91 Å². The molecule has 2 aromatic carbocycles. The third-order valence-corrected chi connectivity index (χ3v) is 6.91. The molecule has 1 aromatic heterocycles. The lowest BCUT2D eigenvalue weighted by molar-refractivity contribution is -0.124. The Hall–Kier alpha value is -4.03. The Morgan fingerprint density at radius 3 is 2.24 bits per heavy atom. The second kappa shape index (κ2) is 17.7. The third kappa shape index (κ3) is 11.1. The molecule has 42 heavy (non-hydrogen) atoms. The molecule has 6 nitrogen and oxygen atoms in total. The smallest absolute Gasteiger partial charge is 0.239 e. The minimum absolute atomic E-state index is 0.221. The Labute approximate surface area is 253 Å². The Kier molecular flexibility index (Phi) is 14.4. The molecule has 0 fully saturated rings. The molecule has 0 aliphatic carbocycles. The molecule has 0 bridgehead atoms. The van der Waals surface area contributed by atoms with Crippen molar-refractivity contribution in [3.05, 3.63) is 119 Å². The van der Waals surface area contributed by atoms with Gasteiger partial charge in [-0.3, -0.25) is 14.8 Å². The van der Waals surface area contributed by atoms with Gasteiger partial charge in [0.15, 0.2) is 0 Å². The molecule has 3 aromatic rings. The number of pyridine rings is 1. The van der Waals surface area contributed by atoms with Crippen LogP contribution in [-0.2, 0) is 24.2 Å². The van der Waals surface area contributed by atoms with Crippen molar-refractivity contribution >= 4 is 17.3 Å². The van der Waals surface area contributed by atoms with Gasteiger partial charge in [0.05, 0.1) is 24.3 Å². The number of hydrogen-bond donors (Lipinski definition) is 2. The molecule has 0 radical (unpaired) electrons. The second-order valence-electron chi connectivity index (χ2n) is 10.8. The molecule has 6 heteroatoms. The summed E-state index contributed by atoms with van der Waals surface area (Å²) < 4.78 is 0. The van der Waals surface area contributed by atoms with Crippen LogP contribution in [0, 0.1) is 0 Å². The molecular weight excluding hydrogens is 518 g/mol. The molecule has 0 saturated heterocycles. The molecule has 1 heterocycles. The average molecular weight is 568 g/mol. The Bertz CT molecular complexity index is 1320. The van der Waals surface area contributed by atoms with E-state index in [4.69, 9.17) is 5.73 Å². The van der Waals surface area contributed by atoms with E-state index in [1.54, 1.807) is 27.1 Å². The van der Waals surface area contributed by atoms with E-state index < -0.39 is 5.54 Å². The molecule has 1 amide bonds. The van der Waals surface area contributed by atoms with Crippen LogP contribution in [0.5, 0.6) is 0 Å². The summed E-state index contributed by atoms with van der Waals surface area (Å²) >= 11 is 0. The number of carbonyl (C=O) groups excluding carboxylic acids is 1. The number of amidine groups is 1. The summed E-state index contributed by atoms with van der Waals surface area (Å²) in [5, 5.41) is 2.90. The van der Waals surface area contributed by atoms with E-state index in [9.17, 15) is 4.79 Å². The van der Waals surface area contributed by atoms with E-state index in [1.165, 1.54) is 35.1 Å². The molecular formula is C36H49N5O. The molecule has 0 aliphatic heterocycles. The van der Waals surface area contributed by atoms with Crippen molar-refractivity contribution in [2.45, 2.75) is 72.9 Å². The summed E-state index contributed by atoms with van der Waals surface area (Å²) in [6.45, 7) is 12.7. The number of nitrogens with one attached hydrogen (secondary N) is 1. The van der Waals surface area contributed by atoms with E-state index in [-0.39, 0.29) is 12.5 Å². The number of benzene rings is 2. The van der Waals surface area contributed by atoms with Gasteiger partial charge in [-0.15, -0.1) is 0 Å². The number of aromatic nitrogens is 1. The predicted molar refractivity (Wildman–Crippen MR) is 178 cm³/mol. The van der Waals surface area contributed by atoms with Gasteiger partial charge in [-0.25, -0.2) is 0 Å². The number of amides is 1. The van der Waals surface area contributed by atoms with Crippen LogP contribution in [-0.4, -0.2) is 40.8 Å². The standard InChI is InChI=1S/C23H31N5O.C13H18/c1-5-20(15-18-11-7-6-8-12-18)28(17-19-13-9-10-14-26-19)21(25-4)16-27-22(29)23(2,3)24;1-4-8-12-9-6-7-10-13(12)11(3)5-2/h5-14H,15-17,24H2,1-4H3,(H,27,29);5-7,9-10H,4,8H2,1-3H3/b20-5+,25-21?;11-5-. The van der Waals surface area contributed by atoms with Gasteiger partial charge >= 0.3 is 0 Å². The number of hydrogen-bond acceptors (Lipinski definition) is 4. The molecule has 3 rings (SSSR count). The summed E-state index contributed by atoms with van der Waals surface area (Å²) in [5.74, 6) is 0.527. The Balaban J connectivity index is 0.000000395. The SMILES string of the molecule is C/C=C(/C)c1ccccc1CCC.C/C=C(\Cc1ccccc1)N(Cc1ccccn1)C(CNC(=O)C(C)(C)N)=NC. The zero-order valence-corrected chi connectivity index (χ0v) is 26.5. The lowest BCUT2D eigenvalue weighted by atomic mass is 9.98. The number of nitrogens with two attached hydrogens (primary N) is 1. The topological polar surface area (TPSA) is 83.6 Å². The minimum Gasteiger partial charge on any atom is -0.347 e. The number of allylic oxidation sites excluding steroid dienone is 4. The highest BCUT2D eigenvalue weighted by Gasteiger charge is 2.23. The molecule has 0 unspecified atom stereocenters. The highest BCUT2D eigenvalue weighted by atomic mass is 16.2. The van der Waals surface area contributed by atoms with Crippen LogP contribution >= 0.6 is 0 Å². The highest BCUT2D eigenvalue weighted by molar-refractivity contribution is 5.92. The fourth-order valence-electron chi connectivity index (χ4n) is 4.40. The lowest BCUT2D eigenvalue weighted by Gasteiger charge is -2.29. The van der Waals surface area contributed by atoms with Crippen LogP contribution in [0.4, 0.5) is 0 Å². The largest absolute Gasteiger partial charge is 0.347 e. The van der Waals surface area contributed by atoms with Crippen molar-refractivity contribution in [2.75, 3.05) is 13.6 Å². The quantitative estimate of drug-likeness (QED) is 0.194. The van der Waals surface area contributed by atoms with E-state index in [1.807, 2.05) is 43.3 Å². The minimum atomic E-state index is -0.946. The summed E-state index contributed by atoms with van der Waals surface area (Å²) in [6, 6.07) is 24.8. The van der Waals surface area contributed by atoms with E-state index >= 15 is 0 Å². The van der Waals surface area contributed by atoms with Crippen LogP contribution < -0.4 is 11.1 Å². The van der Waals surface area contributed by atoms with Gasteiger partial charge in [0.25, 0.3) is 0 Å². The molecule has 0 saturated carbocycles. The van der Waals surface area contributed by atoms with Crippen molar-refractivity contribution in [3.63, 3.8) is 0 Å². The fourth-order valence-corrected chi connectivity index (χ4v) is 4.40. The summed E-state index contributed by atoms with van der Waals surface area (Å²) in [7, 11) is 1.73. The van der Waals surface area contributed by atoms with Crippen molar-refractivity contribution in [3.8, 4) is 0 Å². The predicted octanol–water partition coefficient (Wildman–Crippen LogP) is 6.97. The van der Waals surface area contributed by atoms with Crippen molar-refractivity contribution in [1.82, 2.24) is 15.2 Å². The maximum atomic E-state index is 12.3. The van der Waals surface area contributed by atoms with E-state index in [0.29, 0.717) is 6.54 Å². The second-order valence-corrected chi connectivity index (χ2v) is 10.8. The number of aryl methyl sites for hydroxylation is 1. The van der Waals surface area contributed by atoms with Gasteiger partial charge < -0.3 is 16.0 Å². The first-order valence-corrected chi connectivity index (χ1v) is 14.7. The first-order valence-electron chi connectivity index (χ1n) is 14.7. The number of aliphatic imine (C=N–C) groups is 1. The van der Waals surface area contributed by atoms with Crippen LogP contribution in [0.2, 0.25) is 0 Å². The average Bonchev–Trinajstić information content (AvgIpc) is 3.00. The van der Waals surface area contributed by atoms with Gasteiger partial charge in [-0.05, 0) is 75.4 Å². The first-order chi connectivity index (χ1) is 20.1. The van der Waals surface area contributed by atoms with Crippen LogP contribution in [0.25, 0.3) is 5.57 Å². The summed E-state index contributed by atoms with van der Waals surface area (Å²) in [5.41, 5.74) is 12.4. The first kappa shape index (κ1) is 34.2. The molecule has 0 atom stereocenters. The van der Waals surface area contributed by atoms with Crippen LogP contribution in [0.3, 0.4) is 0 Å². The van der Waals surface area contributed by atoms with Crippen LogP contribution in [0.1, 0.15) is 70.3 Å². The number of nitrogens with zero attached hydrogens (tertiary/aromatic N) is 3. The van der Waals surface area contributed by atoms with Crippen molar-refractivity contribution in [1.29, 1.82) is 0 Å². The fraction of sp³-hybridized carbons (Fsp3) is 0.361. The normalized spacial score (nSPS) is 12.3. The molecule has 0 aliphatic rings. The van der Waals surface area contributed by atoms with Crippen LogP contribution in [0.15, 0.2) is 102 Å². The maximum Gasteiger partial charge on any atom is 0.239 e. The monoisotopic (exact) mass is 567 g/mol. The lowest BCUT2D eigenvalue weighted by Crippen LogP contribution is -2.51. The van der Waals surface area contributed by atoms with Gasteiger partial charge in [0, 0.05) is 25.4 Å². The molecule has 3 N–H and O–H groups in total. The van der Waals surface area contributed by atoms with Gasteiger partial charge in [-0.2, -0.15) is 0 Å².